The maximum Gasteiger partial charge on any atom is 0.248 e. The third-order valence-electron chi connectivity index (χ3n) is 4.67. The number of hydrogen-bond donors (Lipinski definition) is 0. The SMILES string of the molecule is COc1cc(-c2nnc(-c3ccc(F)cc3)o2)cc(-c2nnc(-c3ccc(F)cc3)o2)c1. The monoisotopic (exact) mass is 432 g/mol. The zero-order chi connectivity index (χ0) is 22.1. The van der Waals surface area contributed by atoms with E-state index in [1.807, 2.05) is 0 Å². The van der Waals surface area contributed by atoms with Crippen molar-refractivity contribution in [1.82, 2.24) is 20.4 Å². The van der Waals surface area contributed by atoms with Gasteiger partial charge >= 0.3 is 0 Å². The highest BCUT2D eigenvalue weighted by molar-refractivity contribution is 5.69. The summed E-state index contributed by atoms with van der Waals surface area (Å²) in [6, 6.07) is 16.7. The maximum atomic E-state index is 13.2. The van der Waals surface area contributed by atoms with Gasteiger partial charge in [0.25, 0.3) is 0 Å². The van der Waals surface area contributed by atoms with Gasteiger partial charge in [0.05, 0.1) is 7.11 Å². The molecule has 0 fully saturated rings. The molecule has 0 N–H and O–H groups in total. The Hall–Kier alpha value is -4.40. The van der Waals surface area contributed by atoms with E-state index in [2.05, 4.69) is 20.4 Å². The first-order valence-corrected chi connectivity index (χ1v) is 9.48. The molecule has 0 aliphatic rings. The molecule has 0 bridgehead atoms. The topological polar surface area (TPSA) is 87.1 Å². The molecule has 2 heterocycles. The highest BCUT2D eigenvalue weighted by Crippen LogP contribution is 2.33. The van der Waals surface area contributed by atoms with E-state index in [4.69, 9.17) is 13.6 Å². The van der Waals surface area contributed by atoms with Crippen LogP contribution in [0.25, 0.3) is 45.8 Å². The molecular weight excluding hydrogens is 418 g/mol. The molecule has 9 heteroatoms. The average Bonchev–Trinajstić information content (AvgIpc) is 3.50. The molecule has 0 unspecified atom stereocenters. The molecule has 32 heavy (non-hydrogen) atoms. The third kappa shape index (κ3) is 3.83. The summed E-state index contributed by atoms with van der Waals surface area (Å²) in [5.74, 6) is 0.781. The van der Waals surface area contributed by atoms with Gasteiger partial charge in [-0.15, -0.1) is 20.4 Å². The van der Waals surface area contributed by atoms with E-state index in [9.17, 15) is 8.78 Å². The van der Waals surface area contributed by atoms with Gasteiger partial charge in [-0.25, -0.2) is 8.78 Å². The summed E-state index contributed by atoms with van der Waals surface area (Å²) < 4.78 is 43.3. The molecule has 158 valence electrons. The first-order chi connectivity index (χ1) is 15.6. The Kier molecular flexibility index (Phi) is 4.91. The summed E-state index contributed by atoms with van der Waals surface area (Å²) in [5.41, 5.74) is 2.33. The highest BCUT2D eigenvalue weighted by atomic mass is 19.1. The van der Waals surface area contributed by atoms with E-state index >= 15 is 0 Å². The van der Waals surface area contributed by atoms with Gasteiger partial charge in [0, 0.05) is 22.3 Å². The van der Waals surface area contributed by atoms with Gasteiger partial charge in [-0.3, -0.25) is 0 Å². The number of hydrogen-bond acceptors (Lipinski definition) is 7. The summed E-state index contributed by atoms with van der Waals surface area (Å²) >= 11 is 0. The molecule has 0 saturated carbocycles. The highest BCUT2D eigenvalue weighted by Gasteiger charge is 2.17. The van der Waals surface area contributed by atoms with Gasteiger partial charge in [0.2, 0.25) is 23.6 Å². The van der Waals surface area contributed by atoms with Crippen LogP contribution in [0.3, 0.4) is 0 Å². The zero-order valence-corrected chi connectivity index (χ0v) is 16.6. The molecular formula is C23H14F2N4O3. The molecule has 0 radical (unpaired) electrons. The maximum absolute atomic E-state index is 13.2. The number of benzene rings is 3. The summed E-state index contributed by atoms with van der Waals surface area (Å²) in [6.45, 7) is 0. The van der Waals surface area contributed by atoms with Crippen molar-refractivity contribution in [2.75, 3.05) is 7.11 Å². The normalized spacial score (nSPS) is 11.0. The van der Waals surface area contributed by atoms with Crippen molar-refractivity contribution in [1.29, 1.82) is 0 Å². The molecule has 7 nitrogen and oxygen atoms in total. The lowest BCUT2D eigenvalue weighted by Crippen LogP contribution is -1.88. The van der Waals surface area contributed by atoms with Crippen LogP contribution in [0.15, 0.2) is 75.6 Å². The van der Waals surface area contributed by atoms with Gasteiger partial charge in [0.1, 0.15) is 17.4 Å². The second kappa shape index (κ2) is 8.03. The molecule has 0 amide bonds. The van der Waals surface area contributed by atoms with Gasteiger partial charge in [0.15, 0.2) is 0 Å². The standard InChI is InChI=1S/C23H14F2N4O3/c1-30-19-11-15(22-28-26-20(31-22)13-2-6-17(24)7-3-13)10-16(12-19)23-29-27-21(32-23)14-4-8-18(25)9-5-14/h2-12H,1H3. The van der Waals surface area contributed by atoms with Crippen molar-refractivity contribution in [3.8, 4) is 51.6 Å². The molecule has 0 aliphatic heterocycles. The van der Waals surface area contributed by atoms with Gasteiger partial charge in [-0.2, -0.15) is 0 Å². The largest absolute Gasteiger partial charge is 0.497 e. The van der Waals surface area contributed by atoms with Crippen LogP contribution in [0.4, 0.5) is 8.78 Å². The second-order valence-electron chi connectivity index (χ2n) is 6.79. The Balaban J connectivity index is 1.50. The molecule has 2 aromatic heterocycles. The Bertz CT molecular complexity index is 1280. The Morgan fingerprint density at radius 3 is 1.31 bits per heavy atom. The average molecular weight is 432 g/mol. The van der Waals surface area contributed by atoms with Gasteiger partial charge in [-0.1, -0.05) is 0 Å². The number of nitrogens with zero attached hydrogens (tertiary/aromatic N) is 4. The summed E-state index contributed by atoms with van der Waals surface area (Å²) in [4.78, 5) is 0. The predicted octanol–water partition coefficient (Wildman–Crippen LogP) is 5.41. The van der Waals surface area contributed by atoms with Crippen LogP contribution in [0.5, 0.6) is 5.75 Å². The van der Waals surface area contributed by atoms with Crippen LogP contribution in [0.1, 0.15) is 0 Å². The Morgan fingerprint density at radius 1 is 0.562 bits per heavy atom. The van der Waals surface area contributed by atoms with Crippen molar-refractivity contribution in [2.45, 2.75) is 0 Å². The minimum absolute atomic E-state index is 0.239. The van der Waals surface area contributed by atoms with Crippen molar-refractivity contribution in [3.63, 3.8) is 0 Å². The Morgan fingerprint density at radius 2 is 0.938 bits per heavy atom. The molecule has 5 aromatic rings. The van der Waals surface area contributed by atoms with Gasteiger partial charge < -0.3 is 13.6 Å². The zero-order valence-electron chi connectivity index (χ0n) is 16.6. The second-order valence-corrected chi connectivity index (χ2v) is 6.79. The quantitative estimate of drug-likeness (QED) is 0.367. The smallest absolute Gasteiger partial charge is 0.248 e. The van der Waals surface area contributed by atoms with E-state index < -0.39 is 0 Å². The molecule has 0 atom stereocenters. The van der Waals surface area contributed by atoms with E-state index in [1.54, 1.807) is 42.5 Å². The minimum Gasteiger partial charge on any atom is -0.497 e. The van der Waals surface area contributed by atoms with Gasteiger partial charge in [-0.05, 0) is 66.7 Å². The molecule has 0 saturated heterocycles. The van der Waals surface area contributed by atoms with Crippen molar-refractivity contribution >= 4 is 0 Å². The van der Waals surface area contributed by atoms with Crippen LogP contribution in [-0.4, -0.2) is 27.5 Å². The minimum atomic E-state index is -0.356. The number of rotatable bonds is 5. The fourth-order valence-corrected chi connectivity index (χ4v) is 3.06. The molecule has 0 spiro atoms. The summed E-state index contributed by atoms with van der Waals surface area (Å²) in [5, 5.41) is 16.3. The van der Waals surface area contributed by atoms with E-state index in [0.717, 1.165) is 0 Å². The van der Waals surface area contributed by atoms with Crippen LogP contribution in [0, 0.1) is 11.6 Å². The summed E-state index contributed by atoms with van der Waals surface area (Å²) in [7, 11) is 1.53. The molecule has 0 aliphatic carbocycles. The number of ether oxygens (including phenoxy) is 1. The van der Waals surface area contributed by atoms with E-state index in [0.29, 0.717) is 28.0 Å². The van der Waals surface area contributed by atoms with E-state index in [-0.39, 0.29) is 35.2 Å². The lowest BCUT2D eigenvalue weighted by Gasteiger charge is -2.04. The first-order valence-electron chi connectivity index (χ1n) is 9.48. The van der Waals surface area contributed by atoms with Crippen LogP contribution >= 0.6 is 0 Å². The van der Waals surface area contributed by atoms with Crippen LogP contribution < -0.4 is 4.74 Å². The summed E-state index contributed by atoms with van der Waals surface area (Å²) in [6.07, 6.45) is 0. The first kappa shape index (κ1) is 19.6. The number of halogens is 2. The fourth-order valence-electron chi connectivity index (χ4n) is 3.06. The Labute approximate surface area is 180 Å². The van der Waals surface area contributed by atoms with Crippen molar-refractivity contribution in [3.05, 3.63) is 78.4 Å². The lowest BCUT2D eigenvalue weighted by molar-refractivity contribution is 0.414. The number of methoxy groups -OCH3 is 1. The molecule has 3 aromatic carbocycles. The van der Waals surface area contributed by atoms with Crippen molar-refractivity contribution < 1.29 is 22.4 Å². The van der Waals surface area contributed by atoms with Crippen LogP contribution in [0.2, 0.25) is 0 Å². The lowest BCUT2D eigenvalue weighted by atomic mass is 10.1. The fraction of sp³-hybridized carbons (Fsp3) is 0.0435. The number of aromatic nitrogens is 4. The van der Waals surface area contributed by atoms with E-state index in [1.165, 1.54) is 31.4 Å². The molecule has 5 rings (SSSR count). The van der Waals surface area contributed by atoms with Crippen molar-refractivity contribution in [2.24, 2.45) is 0 Å². The van der Waals surface area contributed by atoms with Crippen LogP contribution in [-0.2, 0) is 0 Å². The predicted molar refractivity (Wildman–Crippen MR) is 110 cm³/mol. The third-order valence-corrected chi connectivity index (χ3v) is 4.67.